The summed E-state index contributed by atoms with van der Waals surface area (Å²) >= 11 is 1.80. The number of aromatic nitrogens is 4. The molecule has 0 radical (unpaired) electrons. The van der Waals surface area contributed by atoms with E-state index in [1.807, 2.05) is 6.92 Å². The summed E-state index contributed by atoms with van der Waals surface area (Å²) in [6.45, 7) is 2.28. The first kappa shape index (κ1) is 11.7. The van der Waals surface area contributed by atoms with Gasteiger partial charge in [0.25, 0.3) is 0 Å². The van der Waals surface area contributed by atoms with Gasteiger partial charge in [-0.3, -0.25) is 0 Å². The number of aryl methyl sites for hydroxylation is 1. The van der Waals surface area contributed by atoms with Gasteiger partial charge in [0, 0.05) is 18.4 Å². The molecule has 0 spiro atoms. The van der Waals surface area contributed by atoms with Gasteiger partial charge in [0.15, 0.2) is 10.8 Å². The Balaban J connectivity index is 1.89. The van der Waals surface area contributed by atoms with Gasteiger partial charge in [-0.2, -0.15) is 0 Å². The third-order valence-corrected chi connectivity index (χ3v) is 5.61. The molecule has 1 N–H and O–H groups in total. The normalized spacial score (nSPS) is 29.5. The van der Waals surface area contributed by atoms with E-state index in [2.05, 4.69) is 14.5 Å². The van der Waals surface area contributed by atoms with Crippen LogP contribution < -0.4 is 0 Å². The molecule has 3 heterocycles. The summed E-state index contributed by atoms with van der Waals surface area (Å²) in [4.78, 5) is 13.4. The van der Waals surface area contributed by atoms with Gasteiger partial charge in [-0.1, -0.05) is 11.8 Å². The molecule has 6 heteroatoms. The average Bonchev–Trinajstić information content (AvgIpc) is 2.91. The second kappa shape index (κ2) is 4.18. The van der Waals surface area contributed by atoms with Gasteiger partial charge in [-0.25, -0.2) is 15.0 Å². The second-order valence-corrected chi connectivity index (χ2v) is 6.52. The first-order valence-electron chi connectivity index (χ1n) is 6.71. The number of thioether (sulfide) groups is 1. The van der Waals surface area contributed by atoms with Crippen molar-refractivity contribution in [2.75, 3.05) is 12.4 Å². The number of hydrogen-bond acceptors (Lipinski definition) is 5. The van der Waals surface area contributed by atoms with Gasteiger partial charge in [0.05, 0.1) is 5.69 Å². The average molecular weight is 276 g/mol. The molecule has 19 heavy (non-hydrogen) atoms. The minimum absolute atomic E-state index is 0.303. The molecule has 1 aliphatic carbocycles. The first-order chi connectivity index (χ1) is 9.28. The molecule has 0 amide bonds. The lowest BCUT2D eigenvalue weighted by Crippen LogP contribution is -2.15. The Morgan fingerprint density at radius 2 is 2.32 bits per heavy atom. The molecule has 0 unspecified atom stereocenters. The van der Waals surface area contributed by atoms with Crippen molar-refractivity contribution in [1.29, 1.82) is 0 Å². The lowest BCUT2D eigenvalue weighted by atomic mass is 9.99. The van der Waals surface area contributed by atoms with E-state index in [0.717, 1.165) is 40.6 Å². The fourth-order valence-corrected chi connectivity index (χ4v) is 4.73. The van der Waals surface area contributed by atoms with E-state index in [1.54, 1.807) is 18.1 Å². The summed E-state index contributed by atoms with van der Waals surface area (Å²) in [6, 6.07) is 0.437. The highest BCUT2D eigenvalue weighted by atomic mass is 32.2. The van der Waals surface area contributed by atoms with Gasteiger partial charge in [0.2, 0.25) is 0 Å². The van der Waals surface area contributed by atoms with Gasteiger partial charge < -0.3 is 9.67 Å². The quantitative estimate of drug-likeness (QED) is 0.860. The van der Waals surface area contributed by atoms with Crippen molar-refractivity contribution < 1.29 is 5.11 Å². The highest BCUT2D eigenvalue weighted by molar-refractivity contribution is 7.99. The largest absolute Gasteiger partial charge is 0.396 e. The fourth-order valence-electron chi connectivity index (χ4n) is 3.43. The van der Waals surface area contributed by atoms with E-state index >= 15 is 0 Å². The third kappa shape index (κ3) is 1.63. The molecule has 0 saturated heterocycles. The zero-order chi connectivity index (χ0) is 13.0. The molecule has 1 aliphatic heterocycles. The Morgan fingerprint density at radius 1 is 1.42 bits per heavy atom. The maximum atomic E-state index is 9.50. The number of imidazole rings is 1. The molecule has 2 aliphatic rings. The highest BCUT2D eigenvalue weighted by Crippen LogP contribution is 2.47. The van der Waals surface area contributed by atoms with Gasteiger partial charge in [0.1, 0.15) is 11.8 Å². The molecule has 100 valence electrons. The molecule has 4 rings (SSSR count). The van der Waals surface area contributed by atoms with Crippen LogP contribution >= 0.6 is 11.8 Å². The van der Waals surface area contributed by atoms with Crippen molar-refractivity contribution in [2.45, 2.75) is 31.0 Å². The minimum Gasteiger partial charge on any atom is -0.396 e. The predicted molar refractivity (Wildman–Crippen MR) is 73.1 cm³/mol. The number of nitrogens with zero attached hydrogens (tertiary/aromatic N) is 4. The molecule has 2 bridgehead atoms. The van der Waals surface area contributed by atoms with Crippen LogP contribution in [0.3, 0.4) is 0 Å². The predicted octanol–water partition coefficient (Wildman–Crippen LogP) is 1.80. The molecular formula is C13H16N4OS. The van der Waals surface area contributed by atoms with Crippen molar-refractivity contribution in [3.8, 4) is 0 Å². The third-order valence-electron chi connectivity index (χ3n) is 4.47. The van der Waals surface area contributed by atoms with E-state index in [-0.39, 0.29) is 0 Å². The summed E-state index contributed by atoms with van der Waals surface area (Å²) in [7, 11) is 0. The Kier molecular flexibility index (Phi) is 2.57. The topological polar surface area (TPSA) is 63.8 Å². The van der Waals surface area contributed by atoms with Gasteiger partial charge in [-0.05, 0) is 31.6 Å². The first-order valence-corrected chi connectivity index (χ1v) is 7.69. The van der Waals surface area contributed by atoms with Crippen LogP contribution in [0.1, 0.15) is 24.6 Å². The van der Waals surface area contributed by atoms with Crippen LogP contribution in [0.15, 0.2) is 11.5 Å². The SMILES string of the molecule is Cc1ncnc2c1nc1n2[C@H]2C[C@@H](CO)[C@@H](CS1)C2. The van der Waals surface area contributed by atoms with Crippen LogP contribution in [0.2, 0.25) is 0 Å². The Labute approximate surface area is 115 Å². The minimum atomic E-state index is 0.303. The maximum absolute atomic E-state index is 9.50. The highest BCUT2D eigenvalue weighted by Gasteiger charge is 2.39. The number of hydrogen-bond donors (Lipinski definition) is 1. The molecule has 2 aromatic rings. The van der Waals surface area contributed by atoms with Gasteiger partial charge in [-0.15, -0.1) is 0 Å². The number of aliphatic hydroxyl groups excluding tert-OH is 1. The van der Waals surface area contributed by atoms with Crippen LogP contribution in [-0.4, -0.2) is 37.0 Å². The van der Waals surface area contributed by atoms with Crippen LogP contribution in [0.25, 0.3) is 11.2 Å². The Morgan fingerprint density at radius 3 is 3.16 bits per heavy atom. The summed E-state index contributed by atoms with van der Waals surface area (Å²) < 4.78 is 2.28. The molecule has 1 fully saturated rings. The van der Waals surface area contributed by atoms with E-state index in [4.69, 9.17) is 4.98 Å². The molecule has 0 aromatic carbocycles. The van der Waals surface area contributed by atoms with Crippen LogP contribution in [0.4, 0.5) is 0 Å². The smallest absolute Gasteiger partial charge is 0.170 e. The monoisotopic (exact) mass is 276 g/mol. The van der Waals surface area contributed by atoms with E-state index in [1.165, 1.54) is 0 Å². The van der Waals surface area contributed by atoms with Gasteiger partial charge >= 0.3 is 0 Å². The van der Waals surface area contributed by atoms with Crippen molar-refractivity contribution in [1.82, 2.24) is 19.5 Å². The standard InChI is InChI=1S/C13H16N4OS/c1-7-11-12(15-6-14-7)17-10-2-8(4-18)9(3-10)5-19-13(17)16-11/h6,8-10,18H,2-5H2,1H3/t8-,9+,10-/m0/s1. The van der Waals surface area contributed by atoms with Crippen LogP contribution in [-0.2, 0) is 0 Å². The van der Waals surface area contributed by atoms with Crippen LogP contribution in [0, 0.1) is 18.8 Å². The van der Waals surface area contributed by atoms with Crippen molar-refractivity contribution in [2.24, 2.45) is 11.8 Å². The molecule has 1 saturated carbocycles. The van der Waals surface area contributed by atoms with Crippen molar-refractivity contribution in [3.05, 3.63) is 12.0 Å². The Bertz CT molecular complexity index is 641. The lowest BCUT2D eigenvalue weighted by Gasteiger charge is -2.18. The summed E-state index contributed by atoms with van der Waals surface area (Å²) in [5, 5.41) is 10.6. The zero-order valence-corrected chi connectivity index (χ0v) is 11.6. The zero-order valence-electron chi connectivity index (χ0n) is 10.8. The van der Waals surface area contributed by atoms with E-state index < -0.39 is 0 Å². The number of aliphatic hydroxyl groups is 1. The molecule has 2 aromatic heterocycles. The Hall–Kier alpha value is -1.14. The molecule has 5 nitrogen and oxygen atoms in total. The van der Waals surface area contributed by atoms with Crippen molar-refractivity contribution >= 4 is 22.9 Å². The van der Waals surface area contributed by atoms with E-state index in [9.17, 15) is 5.11 Å². The fraction of sp³-hybridized carbons (Fsp3) is 0.615. The molecule has 3 atom stereocenters. The lowest BCUT2D eigenvalue weighted by molar-refractivity contribution is 0.201. The maximum Gasteiger partial charge on any atom is 0.170 e. The molecular weight excluding hydrogens is 260 g/mol. The summed E-state index contributed by atoms with van der Waals surface area (Å²) in [6.07, 6.45) is 3.81. The number of rotatable bonds is 1. The summed E-state index contributed by atoms with van der Waals surface area (Å²) in [5.41, 5.74) is 2.83. The van der Waals surface area contributed by atoms with E-state index in [0.29, 0.717) is 24.5 Å². The summed E-state index contributed by atoms with van der Waals surface area (Å²) in [5.74, 6) is 2.10. The van der Waals surface area contributed by atoms with Crippen molar-refractivity contribution in [3.63, 3.8) is 0 Å². The number of fused-ring (bicyclic) bond motifs is 6. The van der Waals surface area contributed by atoms with Crippen LogP contribution in [0.5, 0.6) is 0 Å². The second-order valence-electron chi connectivity index (χ2n) is 5.53.